The Morgan fingerprint density at radius 1 is 1.44 bits per heavy atom. The summed E-state index contributed by atoms with van der Waals surface area (Å²) in [5.74, 6) is 2.36. The normalized spacial score (nSPS) is 26.8. The third kappa shape index (κ3) is 2.83. The van der Waals surface area contributed by atoms with Crippen molar-refractivity contribution in [2.75, 3.05) is 6.54 Å². The lowest BCUT2D eigenvalue weighted by Gasteiger charge is -2.39. The number of aromatic nitrogens is 1. The molecular formula is C13H22N2S. The predicted octanol–water partition coefficient (Wildman–Crippen LogP) is 3.27. The molecule has 0 amide bonds. The molecule has 3 heteroatoms. The van der Waals surface area contributed by atoms with Gasteiger partial charge in [-0.1, -0.05) is 20.8 Å². The van der Waals surface area contributed by atoms with Gasteiger partial charge in [0.2, 0.25) is 0 Å². The molecule has 1 fully saturated rings. The molecule has 1 atom stereocenters. The summed E-state index contributed by atoms with van der Waals surface area (Å²) in [5.41, 5.74) is 0. The molecule has 2 rings (SSSR count). The standard InChI is InChI=1S/C13H22N2S/c1-9(2)11-6-12(7-11)15-8-10(3)13-14-4-5-16-13/h4-5,9-12,15H,6-8H2,1-3H3. The molecule has 1 heterocycles. The van der Waals surface area contributed by atoms with Crippen LogP contribution in [0, 0.1) is 11.8 Å². The summed E-state index contributed by atoms with van der Waals surface area (Å²) in [6, 6.07) is 0.759. The van der Waals surface area contributed by atoms with Gasteiger partial charge in [-0.2, -0.15) is 0 Å². The summed E-state index contributed by atoms with van der Waals surface area (Å²) < 4.78 is 0. The van der Waals surface area contributed by atoms with Crippen LogP contribution in [0.3, 0.4) is 0 Å². The highest BCUT2D eigenvalue weighted by Crippen LogP contribution is 2.33. The molecule has 1 unspecified atom stereocenters. The van der Waals surface area contributed by atoms with Crippen molar-refractivity contribution in [1.29, 1.82) is 0 Å². The van der Waals surface area contributed by atoms with Gasteiger partial charge in [0.25, 0.3) is 0 Å². The number of thiazole rings is 1. The fourth-order valence-electron chi connectivity index (χ4n) is 2.28. The topological polar surface area (TPSA) is 24.9 Å². The van der Waals surface area contributed by atoms with Crippen molar-refractivity contribution in [3.8, 4) is 0 Å². The average Bonchev–Trinajstić information content (AvgIpc) is 2.66. The first kappa shape index (κ1) is 12.1. The molecule has 1 aromatic rings. The second kappa shape index (κ2) is 5.28. The van der Waals surface area contributed by atoms with Crippen molar-refractivity contribution in [3.63, 3.8) is 0 Å². The van der Waals surface area contributed by atoms with Gasteiger partial charge in [-0.25, -0.2) is 4.98 Å². The summed E-state index contributed by atoms with van der Waals surface area (Å²) in [7, 11) is 0. The van der Waals surface area contributed by atoms with Crippen LogP contribution < -0.4 is 5.32 Å². The van der Waals surface area contributed by atoms with E-state index in [1.54, 1.807) is 11.3 Å². The maximum Gasteiger partial charge on any atom is 0.0965 e. The van der Waals surface area contributed by atoms with Crippen LogP contribution in [0.15, 0.2) is 11.6 Å². The lowest BCUT2D eigenvalue weighted by Crippen LogP contribution is -2.44. The summed E-state index contributed by atoms with van der Waals surface area (Å²) >= 11 is 1.76. The van der Waals surface area contributed by atoms with E-state index in [1.807, 2.05) is 6.20 Å². The van der Waals surface area contributed by atoms with Gasteiger partial charge < -0.3 is 5.32 Å². The van der Waals surface area contributed by atoms with E-state index in [-0.39, 0.29) is 0 Å². The zero-order valence-electron chi connectivity index (χ0n) is 10.4. The van der Waals surface area contributed by atoms with E-state index in [4.69, 9.17) is 0 Å². The first-order valence-electron chi connectivity index (χ1n) is 6.29. The Bertz CT molecular complexity index is 302. The largest absolute Gasteiger partial charge is 0.313 e. The van der Waals surface area contributed by atoms with Crippen molar-refractivity contribution in [2.24, 2.45) is 11.8 Å². The third-order valence-electron chi connectivity index (χ3n) is 3.70. The van der Waals surface area contributed by atoms with Gasteiger partial charge in [-0.05, 0) is 24.7 Å². The van der Waals surface area contributed by atoms with Crippen LogP contribution in [-0.2, 0) is 0 Å². The second-order valence-corrected chi connectivity index (χ2v) is 6.28. The summed E-state index contributed by atoms with van der Waals surface area (Å²) in [4.78, 5) is 4.36. The summed E-state index contributed by atoms with van der Waals surface area (Å²) in [5, 5.41) is 6.97. The highest BCUT2D eigenvalue weighted by Gasteiger charge is 2.30. The Balaban J connectivity index is 1.66. The van der Waals surface area contributed by atoms with Crippen LogP contribution in [0.1, 0.15) is 44.5 Å². The molecule has 16 heavy (non-hydrogen) atoms. The predicted molar refractivity (Wildman–Crippen MR) is 69.9 cm³/mol. The number of rotatable bonds is 5. The van der Waals surface area contributed by atoms with Crippen LogP contribution in [0.4, 0.5) is 0 Å². The van der Waals surface area contributed by atoms with Gasteiger partial charge in [-0.15, -0.1) is 11.3 Å². The van der Waals surface area contributed by atoms with Gasteiger partial charge >= 0.3 is 0 Å². The van der Waals surface area contributed by atoms with Crippen LogP contribution in [0.5, 0.6) is 0 Å². The lowest BCUT2D eigenvalue weighted by molar-refractivity contribution is 0.167. The SMILES string of the molecule is CC(CNC1CC(C(C)C)C1)c1nccs1. The van der Waals surface area contributed by atoms with E-state index < -0.39 is 0 Å². The molecule has 0 aliphatic heterocycles. The molecule has 0 aromatic carbocycles. The fraction of sp³-hybridized carbons (Fsp3) is 0.769. The minimum absolute atomic E-state index is 0.554. The third-order valence-corrected chi connectivity index (χ3v) is 4.71. The van der Waals surface area contributed by atoms with Gasteiger partial charge in [0.1, 0.15) is 0 Å². The molecule has 90 valence electrons. The molecule has 0 saturated heterocycles. The molecular weight excluding hydrogens is 216 g/mol. The van der Waals surface area contributed by atoms with Crippen molar-refractivity contribution < 1.29 is 0 Å². The van der Waals surface area contributed by atoms with Gasteiger partial charge in [0.15, 0.2) is 0 Å². The number of nitrogens with zero attached hydrogens (tertiary/aromatic N) is 1. The molecule has 1 aliphatic rings. The zero-order chi connectivity index (χ0) is 11.5. The minimum atomic E-state index is 0.554. The Morgan fingerprint density at radius 2 is 2.19 bits per heavy atom. The molecule has 0 radical (unpaired) electrons. The summed E-state index contributed by atoms with van der Waals surface area (Å²) in [6.45, 7) is 7.99. The highest BCUT2D eigenvalue weighted by molar-refractivity contribution is 7.09. The van der Waals surface area contributed by atoms with Gasteiger partial charge in [0.05, 0.1) is 5.01 Å². The van der Waals surface area contributed by atoms with Crippen molar-refractivity contribution in [2.45, 2.75) is 45.6 Å². The Hall–Kier alpha value is -0.410. The quantitative estimate of drug-likeness (QED) is 0.851. The fourth-order valence-corrected chi connectivity index (χ4v) is 2.98. The molecule has 1 aliphatic carbocycles. The number of nitrogens with one attached hydrogen (secondary N) is 1. The van der Waals surface area contributed by atoms with Crippen molar-refractivity contribution in [3.05, 3.63) is 16.6 Å². The first-order valence-corrected chi connectivity index (χ1v) is 7.17. The monoisotopic (exact) mass is 238 g/mol. The Labute approximate surface area is 102 Å². The van der Waals surface area contributed by atoms with Crippen molar-refractivity contribution in [1.82, 2.24) is 10.3 Å². The van der Waals surface area contributed by atoms with E-state index in [9.17, 15) is 0 Å². The van der Waals surface area contributed by atoms with E-state index in [0.717, 1.165) is 24.4 Å². The molecule has 1 saturated carbocycles. The second-order valence-electron chi connectivity index (χ2n) is 5.35. The van der Waals surface area contributed by atoms with E-state index >= 15 is 0 Å². The first-order chi connectivity index (χ1) is 7.66. The van der Waals surface area contributed by atoms with Crippen LogP contribution >= 0.6 is 11.3 Å². The van der Waals surface area contributed by atoms with Gasteiger partial charge in [0, 0.05) is 30.1 Å². The van der Waals surface area contributed by atoms with Crippen molar-refractivity contribution >= 4 is 11.3 Å². The summed E-state index contributed by atoms with van der Waals surface area (Å²) in [6.07, 6.45) is 4.62. The van der Waals surface area contributed by atoms with Crippen LogP contribution in [0.25, 0.3) is 0 Å². The number of hydrogen-bond acceptors (Lipinski definition) is 3. The maximum atomic E-state index is 4.36. The van der Waals surface area contributed by atoms with E-state index in [2.05, 4.69) is 36.5 Å². The Morgan fingerprint density at radius 3 is 2.75 bits per heavy atom. The molecule has 1 aromatic heterocycles. The van der Waals surface area contributed by atoms with Crippen LogP contribution in [-0.4, -0.2) is 17.6 Å². The Kier molecular flexibility index (Phi) is 3.98. The van der Waals surface area contributed by atoms with Gasteiger partial charge in [-0.3, -0.25) is 0 Å². The maximum absolute atomic E-state index is 4.36. The number of hydrogen-bond donors (Lipinski definition) is 1. The lowest BCUT2D eigenvalue weighted by atomic mass is 9.73. The smallest absolute Gasteiger partial charge is 0.0965 e. The zero-order valence-corrected chi connectivity index (χ0v) is 11.3. The van der Waals surface area contributed by atoms with E-state index in [0.29, 0.717) is 5.92 Å². The minimum Gasteiger partial charge on any atom is -0.313 e. The molecule has 1 N–H and O–H groups in total. The highest BCUT2D eigenvalue weighted by atomic mass is 32.1. The average molecular weight is 238 g/mol. The van der Waals surface area contributed by atoms with Crippen LogP contribution in [0.2, 0.25) is 0 Å². The molecule has 2 nitrogen and oxygen atoms in total. The molecule has 0 bridgehead atoms. The van der Waals surface area contributed by atoms with E-state index in [1.165, 1.54) is 17.8 Å². The molecule has 0 spiro atoms.